The van der Waals surface area contributed by atoms with Crippen molar-refractivity contribution in [2.75, 3.05) is 0 Å². The molecule has 1 unspecified atom stereocenters. The van der Waals surface area contributed by atoms with Crippen LogP contribution < -0.4 is 5.73 Å². The second kappa shape index (κ2) is 5.24. The maximum absolute atomic E-state index is 6.14. The van der Waals surface area contributed by atoms with Crippen LogP contribution in [0.2, 0.25) is 0 Å². The highest BCUT2D eigenvalue weighted by Crippen LogP contribution is 2.26. The Kier molecular flexibility index (Phi) is 3.90. The van der Waals surface area contributed by atoms with Gasteiger partial charge in [-0.1, -0.05) is 4.49 Å². The lowest BCUT2D eigenvalue weighted by Gasteiger charge is -2.10. The molecule has 2 heterocycles. The van der Waals surface area contributed by atoms with Crippen LogP contribution in [0.15, 0.2) is 10.7 Å². The Labute approximate surface area is 112 Å². The van der Waals surface area contributed by atoms with E-state index in [0.29, 0.717) is 0 Å². The molecule has 2 aromatic rings. The average molecular weight is 316 g/mol. The number of aryl methyl sites for hydroxylation is 2. The van der Waals surface area contributed by atoms with Crippen LogP contribution in [0.4, 0.5) is 0 Å². The Bertz CT molecular complexity index is 493. The van der Waals surface area contributed by atoms with Gasteiger partial charge in [-0.3, -0.25) is 4.68 Å². The largest absolute Gasteiger partial charge is 0.323 e. The lowest BCUT2D eigenvalue weighted by Crippen LogP contribution is -2.15. The quantitative estimate of drug-likeness (QED) is 0.937. The van der Waals surface area contributed by atoms with Crippen LogP contribution in [0.5, 0.6) is 0 Å². The molecule has 0 bridgehead atoms. The molecule has 0 aliphatic rings. The van der Waals surface area contributed by atoms with Crippen molar-refractivity contribution >= 4 is 27.5 Å². The highest BCUT2D eigenvalue weighted by Gasteiger charge is 2.17. The molecule has 0 radical (unpaired) electrons. The van der Waals surface area contributed by atoms with Crippen LogP contribution in [0.3, 0.4) is 0 Å². The first-order chi connectivity index (χ1) is 8.13. The van der Waals surface area contributed by atoms with E-state index in [9.17, 15) is 0 Å². The third kappa shape index (κ3) is 2.56. The molecule has 92 valence electrons. The van der Waals surface area contributed by atoms with Gasteiger partial charge in [0, 0.05) is 19.0 Å². The maximum atomic E-state index is 6.14. The summed E-state index contributed by atoms with van der Waals surface area (Å²) in [5, 5.41) is 8.26. The van der Waals surface area contributed by atoms with E-state index in [4.69, 9.17) is 5.73 Å². The predicted octanol–water partition coefficient (Wildman–Crippen LogP) is 2.07. The molecule has 2 N–H and O–H groups in total. The molecule has 0 spiro atoms. The molecule has 2 aromatic heterocycles. The third-order valence-electron chi connectivity index (χ3n) is 2.61. The third-order valence-corrected chi connectivity index (χ3v) is 4.44. The number of nitrogens with two attached hydrogens (primary N) is 1. The summed E-state index contributed by atoms with van der Waals surface area (Å²) in [5.74, 6) is 0. The van der Waals surface area contributed by atoms with Gasteiger partial charge in [0.2, 0.25) is 0 Å². The summed E-state index contributed by atoms with van der Waals surface area (Å²) in [6, 6.07) is -0.0762. The van der Waals surface area contributed by atoms with Crippen molar-refractivity contribution in [3.05, 3.63) is 26.9 Å². The standard InChI is InChI=1S/C10H14BrN5S/c1-3-16-8(10(11)6(2)14-16)4-7(12)9-5-13-15-17-9/h5,7H,3-4,12H2,1-2H3. The average Bonchev–Trinajstić information content (AvgIpc) is 2.92. The Hall–Kier alpha value is -0.790. The van der Waals surface area contributed by atoms with Crippen LogP contribution in [-0.4, -0.2) is 19.4 Å². The fourth-order valence-electron chi connectivity index (χ4n) is 1.71. The smallest absolute Gasteiger partial charge is 0.0738 e. The zero-order valence-electron chi connectivity index (χ0n) is 9.72. The monoisotopic (exact) mass is 315 g/mol. The van der Waals surface area contributed by atoms with E-state index in [1.54, 1.807) is 6.20 Å². The second-order valence-corrected chi connectivity index (χ2v) is 5.40. The molecular formula is C10H14BrN5S. The molecule has 2 rings (SSSR count). The van der Waals surface area contributed by atoms with Gasteiger partial charge in [-0.05, 0) is 41.3 Å². The van der Waals surface area contributed by atoms with Crippen LogP contribution in [0.25, 0.3) is 0 Å². The fourth-order valence-corrected chi connectivity index (χ4v) is 2.66. The topological polar surface area (TPSA) is 69.6 Å². The summed E-state index contributed by atoms with van der Waals surface area (Å²) in [6.45, 7) is 4.90. The summed E-state index contributed by atoms with van der Waals surface area (Å²) >= 11 is 4.91. The Morgan fingerprint density at radius 2 is 2.35 bits per heavy atom. The first-order valence-electron chi connectivity index (χ1n) is 5.38. The van der Waals surface area contributed by atoms with Crippen molar-refractivity contribution in [3.8, 4) is 0 Å². The molecule has 0 saturated heterocycles. The molecule has 0 aliphatic carbocycles. The SMILES string of the molecule is CCn1nc(C)c(Br)c1CC(N)c1cnns1. The predicted molar refractivity (Wildman–Crippen MR) is 70.9 cm³/mol. The zero-order valence-corrected chi connectivity index (χ0v) is 12.1. The van der Waals surface area contributed by atoms with Crippen molar-refractivity contribution < 1.29 is 0 Å². The van der Waals surface area contributed by atoms with Crippen molar-refractivity contribution in [2.24, 2.45) is 5.73 Å². The lowest BCUT2D eigenvalue weighted by molar-refractivity contribution is 0.589. The van der Waals surface area contributed by atoms with Gasteiger partial charge >= 0.3 is 0 Å². The van der Waals surface area contributed by atoms with Crippen molar-refractivity contribution in [2.45, 2.75) is 32.9 Å². The van der Waals surface area contributed by atoms with Crippen LogP contribution in [0, 0.1) is 6.92 Å². The summed E-state index contributed by atoms with van der Waals surface area (Å²) in [5.41, 5.74) is 8.27. The number of nitrogens with zero attached hydrogens (tertiary/aromatic N) is 4. The van der Waals surface area contributed by atoms with E-state index in [2.05, 4.69) is 37.5 Å². The molecule has 0 aromatic carbocycles. The number of hydrogen-bond donors (Lipinski definition) is 1. The Balaban J connectivity index is 2.24. The first kappa shape index (κ1) is 12.7. The van der Waals surface area contributed by atoms with Crippen molar-refractivity contribution in [1.29, 1.82) is 0 Å². The number of halogens is 1. The summed E-state index contributed by atoms with van der Waals surface area (Å²) in [7, 11) is 0. The molecule has 7 heteroatoms. The van der Waals surface area contributed by atoms with Gasteiger partial charge in [0.15, 0.2) is 0 Å². The summed E-state index contributed by atoms with van der Waals surface area (Å²) in [6.07, 6.45) is 2.46. The van der Waals surface area contributed by atoms with Crippen LogP contribution in [-0.2, 0) is 13.0 Å². The normalized spacial score (nSPS) is 12.9. The van der Waals surface area contributed by atoms with Gasteiger partial charge in [0.05, 0.1) is 26.9 Å². The van der Waals surface area contributed by atoms with Gasteiger partial charge in [0.1, 0.15) is 0 Å². The molecule has 1 atom stereocenters. The minimum Gasteiger partial charge on any atom is -0.323 e. The van der Waals surface area contributed by atoms with Crippen molar-refractivity contribution in [3.63, 3.8) is 0 Å². The van der Waals surface area contributed by atoms with E-state index in [0.717, 1.165) is 33.7 Å². The van der Waals surface area contributed by atoms with E-state index >= 15 is 0 Å². The molecule has 0 fully saturated rings. The molecule has 0 saturated carbocycles. The number of rotatable bonds is 4. The zero-order chi connectivity index (χ0) is 12.4. The van der Waals surface area contributed by atoms with Crippen molar-refractivity contribution in [1.82, 2.24) is 19.4 Å². The first-order valence-corrected chi connectivity index (χ1v) is 6.94. The Morgan fingerprint density at radius 1 is 1.59 bits per heavy atom. The Morgan fingerprint density at radius 3 is 2.94 bits per heavy atom. The van der Waals surface area contributed by atoms with Gasteiger partial charge in [-0.2, -0.15) is 5.10 Å². The maximum Gasteiger partial charge on any atom is 0.0738 e. The number of hydrogen-bond acceptors (Lipinski definition) is 5. The molecule has 17 heavy (non-hydrogen) atoms. The molecule has 0 amide bonds. The van der Waals surface area contributed by atoms with Gasteiger partial charge in [-0.15, -0.1) is 5.10 Å². The molecule has 0 aliphatic heterocycles. The van der Waals surface area contributed by atoms with Gasteiger partial charge in [0.25, 0.3) is 0 Å². The van der Waals surface area contributed by atoms with E-state index < -0.39 is 0 Å². The molecule has 5 nitrogen and oxygen atoms in total. The van der Waals surface area contributed by atoms with E-state index in [-0.39, 0.29) is 6.04 Å². The second-order valence-electron chi connectivity index (χ2n) is 3.79. The van der Waals surface area contributed by atoms with Crippen LogP contribution >= 0.6 is 27.5 Å². The van der Waals surface area contributed by atoms with E-state index in [1.807, 2.05) is 11.6 Å². The number of aromatic nitrogens is 4. The fraction of sp³-hybridized carbons (Fsp3) is 0.500. The molecular weight excluding hydrogens is 302 g/mol. The van der Waals surface area contributed by atoms with Crippen LogP contribution in [0.1, 0.15) is 29.2 Å². The van der Waals surface area contributed by atoms with Gasteiger partial charge in [-0.25, -0.2) is 0 Å². The van der Waals surface area contributed by atoms with Gasteiger partial charge < -0.3 is 5.73 Å². The highest BCUT2D eigenvalue weighted by atomic mass is 79.9. The minimum atomic E-state index is -0.0762. The highest BCUT2D eigenvalue weighted by molar-refractivity contribution is 9.10. The minimum absolute atomic E-state index is 0.0762. The summed E-state index contributed by atoms with van der Waals surface area (Å²) in [4.78, 5) is 0.999. The van der Waals surface area contributed by atoms with E-state index in [1.165, 1.54) is 11.5 Å². The lowest BCUT2D eigenvalue weighted by atomic mass is 10.1. The summed E-state index contributed by atoms with van der Waals surface area (Å²) < 4.78 is 6.86.